The Morgan fingerprint density at radius 2 is 1.89 bits per heavy atom. The number of aromatic nitrogens is 3. The smallest absolute Gasteiger partial charge is 0.237 e. The van der Waals surface area contributed by atoms with Crippen LogP contribution in [-0.2, 0) is 4.79 Å². The number of ether oxygens (including phenoxy) is 1. The highest BCUT2D eigenvalue weighted by Crippen LogP contribution is 2.28. The number of pyridine rings is 1. The van der Waals surface area contributed by atoms with Crippen LogP contribution in [0, 0.1) is 0 Å². The molecule has 142 valence electrons. The fourth-order valence-electron chi connectivity index (χ4n) is 2.99. The second kappa shape index (κ2) is 7.90. The zero-order valence-electron chi connectivity index (χ0n) is 15.6. The van der Waals surface area contributed by atoms with Crippen molar-refractivity contribution in [2.24, 2.45) is 0 Å². The van der Waals surface area contributed by atoms with Gasteiger partial charge in [0.15, 0.2) is 10.8 Å². The standard InChI is InChI=1S/C21H20N4O2S/c1-3-27-18-11-7-5-9-16(18)22-20(26)14(2)28-21-24-23-19-13-12-15-8-4-6-10-17(15)25(19)21/h4-14H,3H2,1-2H3,(H,22,26)/t14-/m1/s1. The molecule has 0 radical (unpaired) electrons. The lowest BCUT2D eigenvalue weighted by molar-refractivity contribution is -0.115. The molecule has 0 spiro atoms. The first kappa shape index (κ1) is 18.3. The molecule has 0 saturated heterocycles. The summed E-state index contributed by atoms with van der Waals surface area (Å²) in [4.78, 5) is 12.7. The predicted octanol–water partition coefficient (Wildman–Crippen LogP) is 4.40. The van der Waals surface area contributed by atoms with Crippen molar-refractivity contribution in [2.75, 3.05) is 11.9 Å². The molecule has 2 aromatic heterocycles. The van der Waals surface area contributed by atoms with Gasteiger partial charge in [0.2, 0.25) is 5.91 Å². The lowest BCUT2D eigenvalue weighted by atomic mass is 10.2. The second-order valence-electron chi connectivity index (χ2n) is 6.25. The zero-order valence-corrected chi connectivity index (χ0v) is 16.4. The summed E-state index contributed by atoms with van der Waals surface area (Å²) in [6, 6.07) is 19.4. The number of fused-ring (bicyclic) bond motifs is 3. The molecular weight excluding hydrogens is 372 g/mol. The number of benzene rings is 2. The average Bonchev–Trinajstić information content (AvgIpc) is 3.13. The number of para-hydroxylation sites is 3. The number of hydrogen-bond donors (Lipinski definition) is 1. The number of carbonyl (C=O) groups excluding carboxylic acids is 1. The molecule has 2 heterocycles. The van der Waals surface area contributed by atoms with E-state index in [-0.39, 0.29) is 11.2 Å². The summed E-state index contributed by atoms with van der Waals surface area (Å²) in [6.07, 6.45) is 0. The maximum atomic E-state index is 12.7. The Morgan fingerprint density at radius 1 is 1.11 bits per heavy atom. The first-order valence-electron chi connectivity index (χ1n) is 9.09. The SMILES string of the molecule is CCOc1ccccc1NC(=O)[C@@H](C)Sc1nnc2ccc3ccccc3n12. The van der Waals surface area contributed by atoms with Crippen LogP contribution in [0.2, 0.25) is 0 Å². The van der Waals surface area contributed by atoms with Crippen LogP contribution in [0.3, 0.4) is 0 Å². The van der Waals surface area contributed by atoms with E-state index in [9.17, 15) is 4.79 Å². The topological polar surface area (TPSA) is 68.5 Å². The molecule has 0 aliphatic heterocycles. The maximum absolute atomic E-state index is 12.7. The van der Waals surface area contributed by atoms with E-state index in [0.29, 0.717) is 23.2 Å². The average molecular weight is 392 g/mol. The van der Waals surface area contributed by atoms with E-state index < -0.39 is 0 Å². The Labute approximate surface area is 166 Å². The van der Waals surface area contributed by atoms with Crippen molar-refractivity contribution in [3.8, 4) is 5.75 Å². The van der Waals surface area contributed by atoms with Gasteiger partial charge in [-0.3, -0.25) is 9.20 Å². The number of thioether (sulfide) groups is 1. The van der Waals surface area contributed by atoms with Crippen LogP contribution >= 0.6 is 11.8 Å². The minimum Gasteiger partial charge on any atom is -0.492 e. The minimum atomic E-state index is -0.360. The molecule has 0 bridgehead atoms. The Bertz CT molecular complexity index is 1140. The molecule has 0 aliphatic carbocycles. The molecule has 1 N–H and O–H groups in total. The maximum Gasteiger partial charge on any atom is 0.237 e. The van der Waals surface area contributed by atoms with Crippen molar-refractivity contribution >= 4 is 39.9 Å². The van der Waals surface area contributed by atoms with Crippen LogP contribution in [0.4, 0.5) is 5.69 Å². The van der Waals surface area contributed by atoms with Gasteiger partial charge in [-0.15, -0.1) is 10.2 Å². The number of amides is 1. The number of nitrogens with one attached hydrogen (secondary N) is 1. The highest BCUT2D eigenvalue weighted by molar-refractivity contribution is 8.00. The van der Waals surface area contributed by atoms with E-state index in [0.717, 1.165) is 16.6 Å². The van der Waals surface area contributed by atoms with Crippen molar-refractivity contribution in [1.29, 1.82) is 0 Å². The Hall–Kier alpha value is -3.06. The van der Waals surface area contributed by atoms with Crippen LogP contribution < -0.4 is 10.1 Å². The van der Waals surface area contributed by atoms with E-state index in [1.165, 1.54) is 11.8 Å². The molecule has 28 heavy (non-hydrogen) atoms. The summed E-state index contributed by atoms with van der Waals surface area (Å²) < 4.78 is 7.57. The van der Waals surface area contributed by atoms with Gasteiger partial charge in [-0.2, -0.15) is 0 Å². The molecule has 0 fully saturated rings. The third kappa shape index (κ3) is 3.53. The van der Waals surface area contributed by atoms with Gasteiger partial charge in [-0.25, -0.2) is 0 Å². The summed E-state index contributed by atoms with van der Waals surface area (Å²) in [5.74, 6) is 0.545. The van der Waals surface area contributed by atoms with E-state index in [4.69, 9.17) is 4.74 Å². The summed E-state index contributed by atoms with van der Waals surface area (Å²) in [6.45, 7) is 4.31. The van der Waals surface area contributed by atoms with E-state index >= 15 is 0 Å². The Kier molecular flexibility index (Phi) is 5.16. The van der Waals surface area contributed by atoms with E-state index in [1.54, 1.807) is 0 Å². The highest BCUT2D eigenvalue weighted by Gasteiger charge is 2.20. The van der Waals surface area contributed by atoms with Crippen LogP contribution in [0.5, 0.6) is 5.75 Å². The first-order valence-corrected chi connectivity index (χ1v) is 9.97. The molecule has 4 aromatic rings. The number of nitrogens with zero attached hydrogens (tertiary/aromatic N) is 3. The first-order chi connectivity index (χ1) is 13.7. The molecular formula is C21H20N4O2S. The summed E-state index contributed by atoms with van der Waals surface area (Å²) in [5.41, 5.74) is 2.44. The van der Waals surface area contributed by atoms with Crippen molar-refractivity contribution in [3.63, 3.8) is 0 Å². The molecule has 6 nitrogen and oxygen atoms in total. The lowest BCUT2D eigenvalue weighted by Gasteiger charge is -2.14. The van der Waals surface area contributed by atoms with Crippen LogP contribution in [0.25, 0.3) is 16.6 Å². The van der Waals surface area contributed by atoms with Crippen molar-refractivity contribution in [3.05, 3.63) is 60.7 Å². The van der Waals surface area contributed by atoms with Gasteiger partial charge in [0.05, 0.1) is 23.1 Å². The predicted molar refractivity (Wildman–Crippen MR) is 112 cm³/mol. The van der Waals surface area contributed by atoms with Gasteiger partial charge >= 0.3 is 0 Å². The fourth-order valence-corrected chi connectivity index (χ4v) is 3.85. The van der Waals surface area contributed by atoms with Gasteiger partial charge in [0.1, 0.15) is 5.75 Å². The van der Waals surface area contributed by atoms with Gasteiger partial charge in [0.25, 0.3) is 0 Å². The number of anilines is 1. The molecule has 0 saturated carbocycles. The summed E-state index contributed by atoms with van der Waals surface area (Å²) >= 11 is 1.38. The quantitative estimate of drug-likeness (QED) is 0.493. The molecule has 0 unspecified atom stereocenters. The fraction of sp³-hybridized carbons (Fsp3) is 0.190. The Morgan fingerprint density at radius 3 is 2.75 bits per heavy atom. The Balaban J connectivity index is 1.58. The lowest BCUT2D eigenvalue weighted by Crippen LogP contribution is -2.23. The molecule has 4 rings (SSSR count). The number of hydrogen-bond acceptors (Lipinski definition) is 5. The van der Waals surface area contributed by atoms with Gasteiger partial charge < -0.3 is 10.1 Å². The third-order valence-corrected chi connectivity index (χ3v) is 5.39. The van der Waals surface area contributed by atoms with Crippen molar-refractivity contribution in [1.82, 2.24) is 14.6 Å². The third-order valence-electron chi connectivity index (χ3n) is 4.34. The normalized spacial score (nSPS) is 12.2. The zero-order chi connectivity index (χ0) is 19.5. The molecule has 1 atom stereocenters. The molecule has 0 aliphatic rings. The second-order valence-corrected chi connectivity index (χ2v) is 7.55. The van der Waals surface area contributed by atoms with Crippen LogP contribution in [0.15, 0.2) is 65.8 Å². The van der Waals surface area contributed by atoms with Crippen molar-refractivity contribution < 1.29 is 9.53 Å². The number of carbonyl (C=O) groups is 1. The van der Waals surface area contributed by atoms with Crippen molar-refractivity contribution in [2.45, 2.75) is 24.3 Å². The monoisotopic (exact) mass is 392 g/mol. The summed E-state index contributed by atoms with van der Waals surface area (Å²) in [5, 5.41) is 12.9. The molecule has 7 heteroatoms. The molecule has 2 aromatic carbocycles. The molecule has 1 amide bonds. The van der Waals surface area contributed by atoms with Gasteiger partial charge in [-0.1, -0.05) is 42.1 Å². The highest BCUT2D eigenvalue weighted by atomic mass is 32.2. The minimum absolute atomic E-state index is 0.117. The van der Waals surface area contributed by atoms with E-state index in [2.05, 4.69) is 15.5 Å². The largest absolute Gasteiger partial charge is 0.492 e. The van der Waals surface area contributed by atoms with E-state index in [1.807, 2.05) is 78.9 Å². The number of rotatable bonds is 6. The summed E-state index contributed by atoms with van der Waals surface area (Å²) in [7, 11) is 0. The van der Waals surface area contributed by atoms with Crippen LogP contribution in [-0.4, -0.2) is 32.4 Å². The van der Waals surface area contributed by atoms with Crippen LogP contribution in [0.1, 0.15) is 13.8 Å². The van der Waals surface area contributed by atoms with Gasteiger partial charge in [0, 0.05) is 0 Å². The van der Waals surface area contributed by atoms with Gasteiger partial charge in [-0.05, 0) is 49.6 Å².